The lowest BCUT2D eigenvalue weighted by Gasteiger charge is -2.15. The molecule has 132 valence electrons. The van der Waals surface area contributed by atoms with Crippen LogP contribution in [0.5, 0.6) is 0 Å². The van der Waals surface area contributed by atoms with Crippen LogP contribution < -0.4 is 5.32 Å². The van der Waals surface area contributed by atoms with Gasteiger partial charge in [-0.1, -0.05) is 0 Å². The van der Waals surface area contributed by atoms with Gasteiger partial charge in [-0.05, 0) is 49.9 Å². The Balaban J connectivity index is 1.33. The molecule has 5 nitrogen and oxygen atoms in total. The molecule has 1 N–H and O–H groups in total. The van der Waals surface area contributed by atoms with Crippen molar-refractivity contribution in [2.45, 2.75) is 38.3 Å². The van der Waals surface area contributed by atoms with Gasteiger partial charge in [0.1, 0.15) is 11.1 Å². The van der Waals surface area contributed by atoms with Crippen molar-refractivity contribution < 1.29 is 9.53 Å². The highest BCUT2D eigenvalue weighted by Gasteiger charge is 2.21. The fourth-order valence-electron chi connectivity index (χ4n) is 3.35. The monoisotopic (exact) mass is 357 g/mol. The molecular weight excluding hydrogens is 334 g/mol. The average molecular weight is 357 g/mol. The van der Waals surface area contributed by atoms with E-state index in [0.717, 1.165) is 67.3 Å². The zero-order valence-corrected chi connectivity index (χ0v) is 15.1. The quantitative estimate of drug-likeness (QED) is 0.883. The van der Waals surface area contributed by atoms with Gasteiger partial charge in [-0.25, -0.2) is 4.98 Å². The molecule has 1 atom stereocenters. The minimum atomic E-state index is 0.143. The number of likely N-dealkylation sites (tertiary alicyclic amines) is 1. The first-order valence-electron chi connectivity index (χ1n) is 8.99. The third kappa shape index (κ3) is 3.85. The van der Waals surface area contributed by atoms with E-state index in [4.69, 9.17) is 4.74 Å². The maximum Gasteiger partial charge on any atom is 0.253 e. The number of nitrogens with zero attached hydrogens (tertiary/aromatic N) is 2. The number of benzene rings is 1. The second kappa shape index (κ2) is 7.54. The standard InChI is InChI=1S/C19H23N3O2S/c23-19(22-9-1-2-10-22)14-5-7-15(8-6-14)20-12-16-13-25-18(21-16)17-4-3-11-24-17/h5-8,13,17,20H,1-4,9-12H2. The molecule has 0 radical (unpaired) electrons. The topological polar surface area (TPSA) is 54.5 Å². The van der Waals surface area contributed by atoms with Crippen molar-refractivity contribution in [2.75, 3.05) is 25.0 Å². The predicted molar refractivity (Wildman–Crippen MR) is 98.9 cm³/mol. The van der Waals surface area contributed by atoms with Crippen molar-refractivity contribution in [3.63, 3.8) is 0 Å². The Hall–Kier alpha value is -1.92. The van der Waals surface area contributed by atoms with Gasteiger partial charge in [0.15, 0.2) is 0 Å². The first kappa shape index (κ1) is 16.5. The average Bonchev–Trinajstić information content (AvgIpc) is 3.42. The molecule has 1 aromatic carbocycles. The molecule has 2 aliphatic rings. The molecule has 2 aliphatic heterocycles. The van der Waals surface area contributed by atoms with E-state index < -0.39 is 0 Å². The summed E-state index contributed by atoms with van der Waals surface area (Å²) in [5.41, 5.74) is 2.80. The zero-order chi connectivity index (χ0) is 17.1. The fourth-order valence-corrected chi connectivity index (χ4v) is 4.25. The first-order chi connectivity index (χ1) is 12.3. The van der Waals surface area contributed by atoms with E-state index in [9.17, 15) is 4.79 Å². The van der Waals surface area contributed by atoms with E-state index in [-0.39, 0.29) is 12.0 Å². The van der Waals surface area contributed by atoms with Gasteiger partial charge in [0.2, 0.25) is 0 Å². The lowest BCUT2D eigenvalue weighted by atomic mass is 10.2. The summed E-state index contributed by atoms with van der Waals surface area (Å²) < 4.78 is 5.68. The largest absolute Gasteiger partial charge is 0.379 e. The van der Waals surface area contributed by atoms with Crippen LogP contribution in [0.1, 0.15) is 52.8 Å². The molecule has 0 bridgehead atoms. The number of carbonyl (C=O) groups excluding carboxylic acids is 1. The van der Waals surface area contributed by atoms with Gasteiger partial charge in [-0.15, -0.1) is 11.3 Å². The molecule has 2 aromatic rings. The van der Waals surface area contributed by atoms with E-state index in [2.05, 4.69) is 15.7 Å². The van der Waals surface area contributed by atoms with E-state index >= 15 is 0 Å². The number of ether oxygens (including phenoxy) is 1. The lowest BCUT2D eigenvalue weighted by molar-refractivity contribution is 0.0793. The van der Waals surface area contributed by atoms with Crippen molar-refractivity contribution in [3.8, 4) is 0 Å². The highest BCUT2D eigenvalue weighted by molar-refractivity contribution is 7.09. The summed E-state index contributed by atoms with van der Waals surface area (Å²) in [6.45, 7) is 3.30. The molecular formula is C19H23N3O2S. The Kier molecular flexibility index (Phi) is 4.99. The van der Waals surface area contributed by atoms with Crippen molar-refractivity contribution >= 4 is 22.9 Å². The number of thiazole rings is 1. The molecule has 3 heterocycles. The number of hydrogen-bond acceptors (Lipinski definition) is 5. The number of rotatable bonds is 5. The van der Waals surface area contributed by atoms with Crippen LogP contribution in [-0.4, -0.2) is 35.5 Å². The normalized spacial score (nSPS) is 20.2. The molecule has 1 aromatic heterocycles. The van der Waals surface area contributed by atoms with E-state index in [1.807, 2.05) is 29.2 Å². The van der Waals surface area contributed by atoms with Crippen LogP contribution in [0, 0.1) is 0 Å². The Bertz CT molecular complexity index is 717. The number of amides is 1. The number of carbonyl (C=O) groups is 1. The van der Waals surface area contributed by atoms with Crippen molar-refractivity contribution in [1.29, 1.82) is 0 Å². The molecule has 0 aliphatic carbocycles. The zero-order valence-electron chi connectivity index (χ0n) is 14.2. The molecule has 4 rings (SSSR count). The van der Waals surface area contributed by atoms with Crippen LogP contribution in [0.15, 0.2) is 29.6 Å². The minimum absolute atomic E-state index is 0.143. The highest BCUT2D eigenvalue weighted by atomic mass is 32.1. The summed E-state index contributed by atoms with van der Waals surface area (Å²) >= 11 is 1.68. The van der Waals surface area contributed by atoms with E-state index in [1.165, 1.54) is 0 Å². The third-order valence-corrected chi connectivity index (χ3v) is 5.76. The van der Waals surface area contributed by atoms with Gasteiger partial charge < -0.3 is 15.0 Å². The van der Waals surface area contributed by atoms with Gasteiger partial charge in [0.25, 0.3) is 5.91 Å². The predicted octanol–water partition coefficient (Wildman–Crippen LogP) is 3.84. The molecule has 25 heavy (non-hydrogen) atoms. The van der Waals surface area contributed by atoms with Crippen LogP contribution in [-0.2, 0) is 11.3 Å². The fraction of sp³-hybridized carbons (Fsp3) is 0.474. The number of aromatic nitrogens is 1. The summed E-state index contributed by atoms with van der Waals surface area (Å²) in [4.78, 5) is 19.0. The third-order valence-electron chi connectivity index (χ3n) is 4.77. The SMILES string of the molecule is O=C(c1ccc(NCc2csc(C3CCCO3)n2)cc1)N1CCCC1. The van der Waals surface area contributed by atoms with Gasteiger partial charge in [-0.3, -0.25) is 4.79 Å². The number of anilines is 1. The van der Waals surface area contributed by atoms with Crippen LogP contribution >= 0.6 is 11.3 Å². The first-order valence-corrected chi connectivity index (χ1v) is 9.87. The van der Waals surface area contributed by atoms with Crippen molar-refractivity contribution in [3.05, 3.63) is 45.9 Å². The summed E-state index contributed by atoms with van der Waals surface area (Å²) in [5, 5.41) is 6.56. The Labute approximate surface area is 152 Å². The van der Waals surface area contributed by atoms with E-state index in [1.54, 1.807) is 11.3 Å². The molecule has 1 unspecified atom stereocenters. The molecule has 2 fully saturated rings. The minimum Gasteiger partial charge on any atom is -0.379 e. The van der Waals surface area contributed by atoms with Crippen LogP contribution in [0.3, 0.4) is 0 Å². The van der Waals surface area contributed by atoms with Gasteiger partial charge in [-0.2, -0.15) is 0 Å². The van der Waals surface area contributed by atoms with Gasteiger partial charge >= 0.3 is 0 Å². The smallest absolute Gasteiger partial charge is 0.253 e. The highest BCUT2D eigenvalue weighted by Crippen LogP contribution is 2.30. The van der Waals surface area contributed by atoms with Crippen LogP contribution in [0.25, 0.3) is 0 Å². The Morgan fingerprint density at radius 3 is 2.76 bits per heavy atom. The molecule has 2 saturated heterocycles. The van der Waals surface area contributed by atoms with E-state index in [0.29, 0.717) is 6.54 Å². The van der Waals surface area contributed by atoms with Gasteiger partial charge in [0.05, 0.1) is 12.2 Å². The summed E-state index contributed by atoms with van der Waals surface area (Å²) in [6, 6.07) is 7.75. The number of hydrogen-bond donors (Lipinski definition) is 1. The maximum absolute atomic E-state index is 12.4. The van der Waals surface area contributed by atoms with Gasteiger partial charge in [0, 0.05) is 36.3 Å². The lowest BCUT2D eigenvalue weighted by Crippen LogP contribution is -2.27. The summed E-state index contributed by atoms with van der Waals surface area (Å²) in [6.07, 6.45) is 4.63. The molecule has 0 spiro atoms. The molecule has 6 heteroatoms. The maximum atomic E-state index is 12.4. The second-order valence-corrected chi connectivity index (χ2v) is 7.50. The van der Waals surface area contributed by atoms with Crippen molar-refractivity contribution in [2.24, 2.45) is 0 Å². The Morgan fingerprint density at radius 2 is 2.04 bits per heavy atom. The summed E-state index contributed by atoms with van der Waals surface area (Å²) in [5.74, 6) is 0.143. The van der Waals surface area contributed by atoms with Crippen LogP contribution in [0.4, 0.5) is 5.69 Å². The summed E-state index contributed by atoms with van der Waals surface area (Å²) in [7, 11) is 0. The Morgan fingerprint density at radius 1 is 1.24 bits per heavy atom. The number of nitrogens with one attached hydrogen (secondary N) is 1. The molecule has 0 saturated carbocycles. The second-order valence-electron chi connectivity index (χ2n) is 6.61. The van der Waals surface area contributed by atoms with Crippen LogP contribution in [0.2, 0.25) is 0 Å². The molecule has 1 amide bonds. The van der Waals surface area contributed by atoms with Crippen molar-refractivity contribution in [1.82, 2.24) is 9.88 Å².